The minimum absolute atomic E-state index is 0.0584. The van der Waals surface area contributed by atoms with Crippen molar-refractivity contribution in [2.45, 2.75) is 32.9 Å². The topological polar surface area (TPSA) is 47.1 Å². The number of ether oxygens (including phenoxy) is 1. The normalized spacial score (nSPS) is 12.7. The van der Waals surface area contributed by atoms with E-state index in [1.54, 1.807) is 7.11 Å². The zero-order chi connectivity index (χ0) is 19.7. The second-order valence-electron chi connectivity index (χ2n) is 7.00. The van der Waals surface area contributed by atoms with Crippen molar-refractivity contribution < 1.29 is 14.1 Å². The molecule has 2 heterocycles. The molecule has 1 aromatic heterocycles. The van der Waals surface area contributed by atoms with Gasteiger partial charge in [0.25, 0.3) is 11.7 Å². The number of benzene rings is 2. The largest absolute Gasteiger partial charge is 0.497 e. The molecule has 28 heavy (non-hydrogen) atoms. The molecule has 1 amide bonds. The Bertz CT molecular complexity index is 1030. The van der Waals surface area contributed by atoms with E-state index in [1.807, 2.05) is 37.3 Å². The highest BCUT2D eigenvalue weighted by Gasteiger charge is 2.29. The van der Waals surface area contributed by atoms with Crippen LogP contribution in [0.5, 0.6) is 5.75 Å². The van der Waals surface area contributed by atoms with Crippen molar-refractivity contribution in [3.8, 4) is 17.0 Å². The highest BCUT2D eigenvalue weighted by Crippen LogP contribution is 2.27. The van der Waals surface area contributed by atoms with Crippen LogP contribution in [0.15, 0.2) is 48.7 Å². The average molecular weight is 397 g/mol. The molecule has 0 bridgehead atoms. The predicted octanol–water partition coefficient (Wildman–Crippen LogP) is 4.00. The summed E-state index contributed by atoms with van der Waals surface area (Å²) >= 11 is 6.16. The number of methoxy groups -OCH3 is 1. The monoisotopic (exact) mass is 396 g/mol. The van der Waals surface area contributed by atoms with Gasteiger partial charge in [-0.15, -0.1) is 0 Å². The van der Waals surface area contributed by atoms with E-state index in [-0.39, 0.29) is 12.5 Å². The minimum atomic E-state index is -0.0584. The van der Waals surface area contributed by atoms with Crippen LogP contribution in [0, 0.1) is 6.92 Å². The lowest BCUT2D eigenvalue weighted by Crippen LogP contribution is -2.42. The molecule has 0 unspecified atom stereocenters. The Morgan fingerprint density at radius 1 is 1.25 bits per heavy atom. The fraction of sp³-hybridized carbons (Fsp3) is 0.273. The third-order valence-electron chi connectivity index (χ3n) is 5.24. The number of aromatic nitrogens is 2. The molecule has 0 saturated carbocycles. The van der Waals surface area contributed by atoms with Gasteiger partial charge in [-0.05, 0) is 55.3 Å². The Balaban J connectivity index is 1.58. The molecule has 1 N–H and O–H groups in total. The van der Waals surface area contributed by atoms with Crippen molar-refractivity contribution in [1.29, 1.82) is 0 Å². The van der Waals surface area contributed by atoms with Crippen LogP contribution in [0.1, 0.15) is 17.8 Å². The number of hydrogen-bond donors (Lipinski definition) is 1. The van der Waals surface area contributed by atoms with E-state index >= 15 is 0 Å². The van der Waals surface area contributed by atoms with Crippen molar-refractivity contribution >= 4 is 23.2 Å². The zero-order valence-corrected chi connectivity index (χ0v) is 16.8. The molecule has 0 saturated heterocycles. The predicted molar refractivity (Wildman–Crippen MR) is 110 cm³/mol. The maximum Gasteiger partial charge on any atom is 0.266 e. The van der Waals surface area contributed by atoms with Crippen molar-refractivity contribution in [2.24, 2.45) is 0 Å². The van der Waals surface area contributed by atoms with Crippen LogP contribution in [-0.4, -0.2) is 17.6 Å². The summed E-state index contributed by atoms with van der Waals surface area (Å²) in [5.74, 6) is 1.96. The van der Waals surface area contributed by atoms with Crippen LogP contribution in [0.4, 0.5) is 5.69 Å². The van der Waals surface area contributed by atoms with Crippen LogP contribution < -0.4 is 14.6 Å². The van der Waals surface area contributed by atoms with Crippen molar-refractivity contribution in [3.63, 3.8) is 0 Å². The molecule has 0 spiro atoms. The number of nitrogens with zero attached hydrogens (tertiary/aromatic N) is 2. The standard InChI is InChI=1S/C22H22ClN3O2/c1-15-18(23)5-3-6-19(15)24-21(27)14-25-13-20(26-12-4-7-22(25)26)16-8-10-17(28-2)11-9-16/h3,5-6,8-11,13H,4,7,12,14H2,1-2H3/p+1. The van der Waals surface area contributed by atoms with Crippen molar-refractivity contribution in [2.75, 3.05) is 12.4 Å². The number of anilines is 1. The van der Waals surface area contributed by atoms with Gasteiger partial charge < -0.3 is 10.1 Å². The lowest BCUT2D eigenvalue weighted by Gasteiger charge is -2.08. The molecule has 0 atom stereocenters. The van der Waals surface area contributed by atoms with Gasteiger partial charge >= 0.3 is 0 Å². The lowest BCUT2D eigenvalue weighted by atomic mass is 10.1. The Labute approximate surface area is 169 Å². The molecule has 0 fully saturated rings. The molecular weight excluding hydrogens is 374 g/mol. The van der Waals surface area contributed by atoms with Gasteiger partial charge in [-0.25, -0.2) is 9.13 Å². The molecule has 5 nitrogen and oxygen atoms in total. The fourth-order valence-corrected chi connectivity index (χ4v) is 3.90. The summed E-state index contributed by atoms with van der Waals surface area (Å²) < 4.78 is 9.62. The van der Waals surface area contributed by atoms with E-state index < -0.39 is 0 Å². The van der Waals surface area contributed by atoms with E-state index in [0.29, 0.717) is 5.02 Å². The highest BCUT2D eigenvalue weighted by molar-refractivity contribution is 6.31. The van der Waals surface area contributed by atoms with Crippen LogP contribution in [0.2, 0.25) is 5.02 Å². The summed E-state index contributed by atoms with van der Waals surface area (Å²) in [7, 11) is 1.66. The minimum Gasteiger partial charge on any atom is -0.497 e. The Kier molecular flexibility index (Phi) is 5.09. The first-order valence-electron chi connectivity index (χ1n) is 9.38. The molecule has 0 radical (unpaired) electrons. The Morgan fingerprint density at radius 3 is 2.79 bits per heavy atom. The first kappa shape index (κ1) is 18.6. The van der Waals surface area contributed by atoms with Crippen molar-refractivity contribution in [3.05, 3.63) is 65.1 Å². The number of carbonyl (C=O) groups excluding carboxylic acids is 1. The fourth-order valence-electron chi connectivity index (χ4n) is 3.73. The third kappa shape index (κ3) is 3.50. The third-order valence-corrected chi connectivity index (χ3v) is 5.65. The molecule has 2 aromatic carbocycles. The van der Waals surface area contributed by atoms with E-state index in [9.17, 15) is 4.79 Å². The summed E-state index contributed by atoms with van der Waals surface area (Å²) in [5, 5.41) is 3.63. The molecule has 3 aromatic rings. The molecule has 0 aliphatic carbocycles. The molecule has 1 aliphatic rings. The number of carbonyl (C=O) groups is 1. The van der Waals surface area contributed by atoms with Crippen molar-refractivity contribution in [1.82, 2.24) is 4.57 Å². The molecule has 6 heteroatoms. The number of nitrogens with one attached hydrogen (secondary N) is 1. The van der Waals surface area contributed by atoms with Gasteiger partial charge in [0.2, 0.25) is 0 Å². The van der Waals surface area contributed by atoms with E-state index in [2.05, 4.69) is 32.8 Å². The summed E-state index contributed by atoms with van der Waals surface area (Å²) in [6.45, 7) is 3.15. The molecule has 144 valence electrons. The van der Waals surface area contributed by atoms with Gasteiger partial charge in [0.05, 0.1) is 20.1 Å². The quantitative estimate of drug-likeness (QED) is 0.662. The van der Waals surface area contributed by atoms with Crippen LogP contribution in [-0.2, 0) is 24.3 Å². The zero-order valence-electron chi connectivity index (χ0n) is 16.0. The maximum atomic E-state index is 12.7. The number of rotatable bonds is 5. The highest BCUT2D eigenvalue weighted by atomic mass is 35.5. The van der Waals surface area contributed by atoms with Gasteiger partial charge in [-0.3, -0.25) is 4.79 Å². The van der Waals surface area contributed by atoms with E-state index in [4.69, 9.17) is 16.3 Å². The number of amides is 1. The smallest absolute Gasteiger partial charge is 0.266 e. The Hall–Kier alpha value is -2.79. The van der Waals surface area contributed by atoms with Gasteiger partial charge in [-0.1, -0.05) is 17.7 Å². The first-order valence-corrected chi connectivity index (χ1v) is 9.76. The second kappa shape index (κ2) is 7.68. The van der Waals surface area contributed by atoms with Gasteiger partial charge in [0, 0.05) is 16.3 Å². The summed E-state index contributed by atoms with van der Waals surface area (Å²) in [6.07, 6.45) is 4.13. The van der Waals surface area contributed by atoms with Crippen LogP contribution >= 0.6 is 11.6 Å². The first-order chi connectivity index (χ1) is 13.6. The van der Waals surface area contributed by atoms with Gasteiger partial charge in [-0.2, -0.15) is 0 Å². The summed E-state index contributed by atoms with van der Waals surface area (Å²) in [5.41, 5.74) is 3.88. The number of imidazole rings is 1. The number of hydrogen-bond acceptors (Lipinski definition) is 2. The summed E-state index contributed by atoms with van der Waals surface area (Å²) in [4.78, 5) is 12.7. The van der Waals surface area contributed by atoms with Crippen LogP contribution in [0.3, 0.4) is 0 Å². The van der Waals surface area contributed by atoms with Crippen LogP contribution in [0.25, 0.3) is 11.3 Å². The molecule has 1 aliphatic heterocycles. The van der Waals surface area contributed by atoms with E-state index in [1.165, 1.54) is 5.82 Å². The average Bonchev–Trinajstić information content (AvgIpc) is 3.30. The number of halogens is 1. The lowest BCUT2D eigenvalue weighted by molar-refractivity contribution is -0.690. The summed E-state index contributed by atoms with van der Waals surface area (Å²) in [6, 6.07) is 13.6. The number of fused-ring (bicyclic) bond motifs is 1. The molecular formula is C22H23ClN3O2+. The van der Waals surface area contributed by atoms with E-state index in [0.717, 1.165) is 47.6 Å². The molecule has 4 rings (SSSR count). The Morgan fingerprint density at radius 2 is 2.04 bits per heavy atom. The van der Waals surface area contributed by atoms with Gasteiger partial charge in [0.1, 0.15) is 11.9 Å². The SMILES string of the molecule is COc1ccc(-c2c[n+](CC(=O)Nc3cccc(Cl)c3C)c3n2CCC3)cc1. The second-order valence-corrected chi connectivity index (χ2v) is 7.41. The van der Waals surface area contributed by atoms with Gasteiger partial charge in [0.15, 0.2) is 12.2 Å². The maximum absolute atomic E-state index is 12.7.